The predicted octanol–water partition coefficient (Wildman–Crippen LogP) is 2.76. The van der Waals surface area contributed by atoms with Crippen LogP contribution in [0.15, 0.2) is 22.7 Å². The Labute approximate surface area is 130 Å². The zero-order valence-corrected chi connectivity index (χ0v) is 14.4. The van der Waals surface area contributed by atoms with Gasteiger partial charge in [0.2, 0.25) is 0 Å². The minimum absolute atomic E-state index is 0.0584. The van der Waals surface area contributed by atoms with E-state index in [1.165, 1.54) is 0 Å². The monoisotopic (exact) mass is 363 g/mol. The first-order valence-electron chi connectivity index (χ1n) is 6.81. The largest absolute Gasteiger partial charge is 0.491 e. The predicted molar refractivity (Wildman–Crippen MR) is 86.0 cm³/mol. The molecule has 114 valence electrons. The van der Waals surface area contributed by atoms with Gasteiger partial charge in [-0.15, -0.1) is 0 Å². The Balaban J connectivity index is 2.67. The minimum atomic E-state index is -3.00. The molecule has 0 heterocycles. The molecule has 0 saturated heterocycles. The van der Waals surface area contributed by atoms with Crippen LogP contribution in [0.5, 0.6) is 5.75 Å². The van der Waals surface area contributed by atoms with E-state index in [1.807, 2.05) is 32.0 Å². The second-order valence-electron chi connectivity index (χ2n) is 4.51. The number of sulfone groups is 1. The summed E-state index contributed by atoms with van der Waals surface area (Å²) < 4.78 is 29.8. The van der Waals surface area contributed by atoms with Crippen molar-refractivity contribution in [2.75, 3.05) is 24.7 Å². The lowest BCUT2D eigenvalue weighted by atomic mass is 10.2. The summed E-state index contributed by atoms with van der Waals surface area (Å²) in [4.78, 5) is 0. The first-order chi connectivity index (χ1) is 9.50. The van der Waals surface area contributed by atoms with Gasteiger partial charge < -0.3 is 10.1 Å². The van der Waals surface area contributed by atoms with Gasteiger partial charge in [0, 0.05) is 12.1 Å². The molecule has 1 rings (SSSR count). The molecule has 0 bridgehead atoms. The van der Waals surface area contributed by atoms with Crippen molar-refractivity contribution in [3.63, 3.8) is 0 Å². The van der Waals surface area contributed by atoms with E-state index in [4.69, 9.17) is 4.74 Å². The number of ether oxygens (including phenoxy) is 1. The third-order valence-corrected chi connectivity index (χ3v) is 5.21. The Morgan fingerprint density at radius 1 is 1.25 bits per heavy atom. The fourth-order valence-electron chi connectivity index (χ4n) is 1.80. The second-order valence-corrected chi connectivity index (χ2v) is 7.67. The van der Waals surface area contributed by atoms with Gasteiger partial charge in [-0.25, -0.2) is 8.42 Å². The maximum atomic E-state index is 11.7. The lowest BCUT2D eigenvalue weighted by Crippen LogP contribution is -2.18. The van der Waals surface area contributed by atoms with E-state index in [9.17, 15) is 8.42 Å². The number of hydrogen-bond donors (Lipinski definition) is 1. The van der Waals surface area contributed by atoms with Crippen LogP contribution in [-0.4, -0.2) is 33.1 Å². The second kappa shape index (κ2) is 8.64. The van der Waals surface area contributed by atoms with E-state index in [-0.39, 0.29) is 18.1 Å². The quantitative estimate of drug-likeness (QED) is 0.732. The molecule has 0 fully saturated rings. The van der Waals surface area contributed by atoms with Crippen LogP contribution >= 0.6 is 15.9 Å². The third-order valence-electron chi connectivity index (χ3n) is 2.77. The lowest BCUT2D eigenvalue weighted by molar-refractivity contribution is 0.334. The van der Waals surface area contributed by atoms with E-state index in [2.05, 4.69) is 21.2 Å². The van der Waals surface area contributed by atoms with Crippen LogP contribution in [0.4, 0.5) is 0 Å². The van der Waals surface area contributed by atoms with Gasteiger partial charge in [0.15, 0.2) is 9.84 Å². The highest BCUT2D eigenvalue weighted by molar-refractivity contribution is 9.10. The maximum Gasteiger partial charge on any atom is 0.153 e. The zero-order valence-electron chi connectivity index (χ0n) is 12.0. The van der Waals surface area contributed by atoms with Gasteiger partial charge in [-0.05, 0) is 35.0 Å². The summed E-state index contributed by atoms with van der Waals surface area (Å²) in [5, 5.41) is 3.24. The molecule has 0 spiro atoms. The molecule has 1 N–H and O–H groups in total. The van der Waals surface area contributed by atoms with Crippen LogP contribution in [0.1, 0.15) is 25.8 Å². The minimum Gasteiger partial charge on any atom is -0.491 e. The van der Waals surface area contributed by atoms with Crippen LogP contribution in [0.25, 0.3) is 0 Å². The van der Waals surface area contributed by atoms with Gasteiger partial charge in [0.05, 0.1) is 16.0 Å². The molecule has 0 aliphatic heterocycles. The molecule has 0 radical (unpaired) electrons. The number of rotatable bonds is 9. The molecule has 0 aromatic heterocycles. The molecule has 0 aliphatic rings. The van der Waals surface area contributed by atoms with Crippen molar-refractivity contribution >= 4 is 25.8 Å². The highest BCUT2D eigenvalue weighted by Gasteiger charge is 2.12. The number of hydrogen-bond acceptors (Lipinski definition) is 4. The highest BCUT2D eigenvalue weighted by atomic mass is 79.9. The number of halogens is 1. The molecule has 0 unspecified atom stereocenters. The Bertz CT molecular complexity index is 517. The highest BCUT2D eigenvalue weighted by Crippen LogP contribution is 2.29. The summed E-state index contributed by atoms with van der Waals surface area (Å²) in [6.07, 6.45) is 0.642. The third kappa shape index (κ3) is 5.81. The molecular formula is C14H22BrNO3S. The van der Waals surface area contributed by atoms with Crippen molar-refractivity contribution < 1.29 is 13.2 Å². The van der Waals surface area contributed by atoms with Crippen LogP contribution in [-0.2, 0) is 16.4 Å². The summed E-state index contributed by atoms with van der Waals surface area (Å²) in [6, 6.07) is 5.81. The summed E-state index contributed by atoms with van der Waals surface area (Å²) >= 11 is 3.45. The number of para-hydroxylation sites is 1. The van der Waals surface area contributed by atoms with E-state index >= 15 is 0 Å². The molecule has 4 nitrogen and oxygen atoms in total. The zero-order chi connectivity index (χ0) is 15.0. The molecule has 1 aromatic carbocycles. The molecule has 1 aromatic rings. The topological polar surface area (TPSA) is 55.4 Å². The van der Waals surface area contributed by atoms with Crippen molar-refractivity contribution in [1.82, 2.24) is 5.32 Å². The smallest absolute Gasteiger partial charge is 0.153 e. The van der Waals surface area contributed by atoms with Crippen LogP contribution in [0, 0.1) is 0 Å². The number of benzene rings is 1. The molecule has 0 amide bonds. The van der Waals surface area contributed by atoms with Crippen LogP contribution < -0.4 is 10.1 Å². The van der Waals surface area contributed by atoms with Gasteiger partial charge in [-0.3, -0.25) is 0 Å². The average molecular weight is 364 g/mol. The molecule has 20 heavy (non-hydrogen) atoms. The SMILES string of the molecule is CCCS(=O)(=O)CCOc1c(Br)cccc1CNCC. The van der Waals surface area contributed by atoms with Crippen molar-refractivity contribution in [2.24, 2.45) is 0 Å². The van der Waals surface area contributed by atoms with Crippen molar-refractivity contribution in [3.05, 3.63) is 28.2 Å². The molecule has 6 heteroatoms. The summed E-state index contributed by atoms with van der Waals surface area (Å²) in [7, 11) is -3.00. The van der Waals surface area contributed by atoms with Crippen LogP contribution in [0.3, 0.4) is 0 Å². The first kappa shape index (κ1) is 17.5. The summed E-state index contributed by atoms with van der Waals surface area (Å²) in [6.45, 7) is 5.66. The average Bonchev–Trinajstić information content (AvgIpc) is 2.38. The fourth-order valence-corrected chi connectivity index (χ4v) is 3.48. The van der Waals surface area contributed by atoms with E-state index in [1.54, 1.807) is 0 Å². The normalized spacial score (nSPS) is 11.6. The maximum absolute atomic E-state index is 11.7. The molecule has 0 atom stereocenters. The standard InChI is InChI=1S/C14H22BrNO3S/c1-3-9-20(17,18)10-8-19-14-12(11-16-4-2)6-5-7-13(14)15/h5-7,16H,3-4,8-11H2,1-2H3. The molecule has 0 aliphatic carbocycles. The molecule has 0 saturated carbocycles. The summed E-state index contributed by atoms with van der Waals surface area (Å²) in [5.74, 6) is 1.000. The Kier molecular flexibility index (Phi) is 7.55. The van der Waals surface area contributed by atoms with E-state index in [0.29, 0.717) is 13.0 Å². The summed E-state index contributed by atoms with van der Waals surface area (Å²) in [5.41, 5.74) is 1.02. The Morgan fingerprint density at radius 2 is 2.00 bits per heavy atom. The van der Waals surface area contributed by atoms with Crippen molar-refractivity contribution in [1.29, 1.82) is 0 Å². The van der Waals surface area contributed by atoms with Gasteiger partial charge in [-0.1, -0.05) is 26.0 Å². The number of nitrogens with one attached hydrogen (secondary N) is 1. The molecular weight excluding hydrogens is 342 g/mol. The Morgan fingerprint density at radius 3 is 2.65 bits per heavy atom. The lowest BCUT2D eigenvalue weighted by Gasteiger charge is -2.13. The van der Waals surface area contributed by atoms with Crippen LogP contribution in [0.2, 0.25) is 0 Å². The van der Waals surface area contributed by atoms with E-state index < -0.39 is 9.84 Å². The Hall–Kier alpha value is -0.590. The van der Waals surface area contributed by atoms with Gasteiger partial charge in [-0.2, -0.15) is 0 Å². The van der Waals surface area contributed by atoms with E-state index in [0.717, 1.165) is 22.3 Å². The van der Waals surface area contributed by atoms with Crippen molar-refractivity contribution in [2.45, 2.75) is 26.8 Å². The van der Waals surface area contributed by atoms with Crippen molar-refractivity contribution in [3.8, 4) is 5.75 Å². The van der Waals surface area contributed by atoms with Gasteiger partial charge >= 0.3 is 0 Å². The fraction of sp³-hybridized carbons (Fsp3) is 0.571. The van der Waals surface area contributed by atoms with Gasteiger partial charge in [0.25, 0.3) is 0 Å². The first-order valence-corrected chi connectivity index (χ1v) is 9.43. The van der Waals surface area contributed by atoms with Gasteiger partial charge in [0.1, 0.15) is 12.4 Å².